The Morgan fingerprint density at radius 1 is 1.17 bits per heavy atom. The quantitative estimate of drug-likeness (QED) is 0.551. The molecule has 4 heteroatoms. The zero-order valence-electron chi connectivity index (χ0n) is 14.1. The summed E-state index contributed by atoms with van der Waals surface area (Å²) in [5.74, 6) is -0.400. The van der Waals surface area contributed by atoms with E-state index < -0.39 is 11.5 Å². The first-order chi connectivity index (χ1) is 10.8. The lowest BCUT2D eigenvalue weighted by Crippen LogP contribution is -2.52. The molecular formula is C19H24O4. The van der Waals surface area contributed by atoms with Crippen LogP contribution in [0, 0.1) is 16.7 Å². The lowest BCUT2D eigenvalue weighted by Gasteiger charge is -2.52. The van der Waals surface area contributed by atoms with Crippen LogP contribution in [-0.4, -0.2) is 29.6 Å². The molecule has 4 nitrogen and oxygen atoms in total. The molecule has 1 aliphatic heterocycles. The zero-order chi connectivity index (χ0) is 16.6. The summed E-state index contributed by atoms with van der Waals surface area (Å²) in [5.41, 5.74) is 3.15. The van der Waals surface area contributed by atoms with Crippen molar-refractivity contribution in [3.8, 4) is 0 Å². The molecule has 0 aromatic heterocycles. The number of hydrogen-bond donors (Lipinski definition) is 1. The average Bonchev–Trinajstić information content (AvgIpc) is 2.83. The van der Waals surface area contributed by atoms with Gasteiger partial charge in [-0.05, 0) is 37.2 Å². The van der Waals surface area contributed by atoms with Gasteiger partial charge in [0.2, 0.25) is 0 Å². The van der Waals surface area contributed by atoms with Gasteiger partial charge in [0.05, 0.1) is 11.5 Å². The van der Waals surface area contributed by atoms with Crippen LogP contribution >= 0.6 is 0 Å². The molecule has 1 heterocycles. The number of carbonyl (C=O) groups excluding carboxylic acids is 2. The van der Waals surface area contributed by atoms with E-state index in [1.165, 1.54) is 11.1 Å². The van der Waals surface area contributed by atoms with Gasteiger partial charge in [-0.25, -0.2) is 4.79 Å². The Morgan fingerprint density at radius 3 is 2.65 bits per heavy atom. The maximum absolute atomic E-state index is 13.1. The van der Waals surface area contributed by atoms with Crippen molar-refractivity contribution in [2.24, 2.45) is 16.7 Å². The van der Waals surface area contributed by atoms with Crippen LogP contribution in [-0.2, 0) is 14.3 Å². The molecule has 0 bridgehead atoms. The smallest absolute Gasteiger partial charge is 0.334 e. The lowest BCUT2D eigenvalue weighted by molar-refractivity contribution is -0.136. The highest BCUT2D eigenvalue weighted by Crippen LogP contribution is 2.59. The number of aliphatic hydroxyl groups excluding tert-OH is 1. The molecule has 124 valence electrons. The van der Waals surface area contributed by atoms with Crippen LogP contribution in [0.25, 0.3) is 0 Å². The predicted molar refractivity (Wildman–Crippen MR) is 84.5 cm³/mol. The Balaban J connectivity index is 1.92. The molecule has 3 atom stereocenters. The molecule has 0 amide bonds. The summed E-state index contributed by atoms with van der Waals surface area (Å²) in [5, 5.41) is 10.8. The van der Waals surface area contributed by atoms with E-state index in [-0.39, 0.29) is 29.7 Å². The number of cyclic esters (lactones) is 1. The van der Waals surface area contributed by atoms with Gasteiger partial charge in [-0.2, -0.15) is 0 Å². The number of hydrogen-bond acceptors (Lipinski definition) is 4. The van der Waals surface area contributed by atoms with Crippen LogP contribution in [0.1, 0.15) is 52.9 Å². The number of rotatable bonds is 0. The minimum atomic E-state index is -0.772. The van der Waals surface area contributed by atoms with Crippen molar-refractivity contribution in [3.05, 3.63) is 22.3 Å². The summed E-state index contributed by atoms with van der Waals surface area (Å²) in [4.78, 5) is 25.1. The number of carbonyl (C=O) groups is 2. The van der Waals surface area contributed by atoms with Crippen molar-refractivity contribution in [2.75, 3.05) is 6.61 Å². The topological polar surface area (TPSA) is 63.6 Å². The minimum Gasteiger partial charge on any atom is -0.458 e. The van der Waals surface area contributed by atoms with Crippen LogP contribution in [0.3, 0.4) is 0 Å². The molecule has 0 spiro atoms. The van der Waals surface area contributed by atoms with Gasteiger partial charge >= 0.3 is 5.97 Å². The van der Waals surface area contributed by atoms with E-state index in [2.05, 4.69) is 13.8 Å². The monoisotopic (exact) mass is 316 g/mol. The molecule has 23 heavy (non-hydrogen) atoms. The summed E-state index contributed by atoms with van der Waals surface area (Å²) < 4.78 is 5.20. The molecule has 0 aromatic carbocycles. The second-order valence-electron chi connectivity index (χ2n) is 8.33. The molecule has 0 radical (unpaired) electrons. The van der Waals surface area contributed by atoms with Crippen LogP contribution in [0.15, 0.2) is 22.3 Å². The molecule has 1 N–H and O–H groups in total. The van der Waals surface area contributed by atoms with Gasteiger partial charge in [0.1, 0.15) is 12.4 Å². The number of allylic oxidation sites excluding steroid dienone is 1. The highest BCUT2D eigenvalue weighted by Gasteiger charge is 2.58. The van der Waals surface area contributed by atoms with Gasteiger partial charge in [0.15, 0.2) is 0 Å². The Kier molecular flexibility index (Phi) is 3.00. The third-order valence-electron chi connectivity index (χ3n) is 6.75. The second kappa shape index (κ2) is 4.56. The van der Waals surface area contributed by atoms with E-state index in [0.29, 0.717) is 18.4 Å². The second-order valence-corrected chi connectivity index (χ2v) is 8.33. The lowest BCUT2D eigenvalue weighted by atomic mass is 9.51. The van der Waals surface area contributed by atoms with Gasteiger partial charge in [-0.3, -0.25) is 4.79 Å². The number of Topliss-reactive ketones (excluding diaryl/α,β-unsaturated/α-hetero) is 1. The SMILES string of the molecule is CC1(C)CCCC2=C1CC(=O)[C@@]1(C)C3=C(C[C@@H](O)[C@H]21)C(=O)OC3. The summed E-state index contributed by atoms with van der Waals surface area (Å²) >= 11 is 0. The third-order valence-corrected chi connectivity index (χ3v) is 6.75. The first kappa shape index (κ1) is 15.1. The van der Waals surface area contributed by atoms with Gasteiger partial charge in [-0.1, -0.05) is 25.0 Å². The fourth-order valence-electron chi connectivity index (χ4n) is 5.42. The Labute approximate surface area is 136 Å². The average molecular weight is 316 g/mol. The third kappa shape index (κ3) is 1.81. The van der Waals surface area contributed by atoms with Gasteiger partial charge in [0, 0.05) is 24.3 Å². The van der Waals surface area contributed by atoms with Crippen LogP contribution in [0.5, 0.6) is 0 Å². The fraction of sp³-hybridized carbons (Fsp3) is 0.684. The molecule has 0 unspecified atom stereocenters. The molecular weight excluding hydrogens is 292 g/mol. The highest BCUT2D eigenvalue weighted by atomic mass is 16.5. The standard InChI is InChI=1S/C19H24O4/c1-18(2)6-4-5-10-12(18)8-15(21)19(3)13-9-23-17(22)11(13)7-14(20)16(10)19/h14,16,20H,4-9H2,1-3H3/t14-,16+,19-/m1/s1. The van der Waals surface area contributed by atoms with E-state index in [1.54, 1.807) is 0 Å². The maximum Gasteiger partial charge on any atom is 0.334 e. The van der Waals surface area contributed by atoms with Crippen LogP contribution < -0.4 is 0 Å². The first-order valence-corrected chi connectivity index (χ1v) is 8.60. The van der Waals surface area contributed by atoms with Crippen molar-refractivity contribution in [2.45, 2.75) is 59.0 Å². The molecule has 4 aliphatic rings. The minimum absolute atomic E-state index is 0.0287. The molecule has 3 aliphatic carbocycles. The van der Waals surface area contributed by atoms with Gasteiger partial charge in [-0.15, -0.1) is 0 Å². The first-order valence-electron chi connectivity index (χ1n) is 8.60. The summed E-state index contributed by atoms with van der Waals surface area (Å²) in [7, 11) is 0. The fourth-order valence-corrected chi connectivity index (χ4v) is 5.42. The van der Waals surface area contributed by atoms with Crippen LogP contribution in [0.4, 0.5) is 0 Å². The van der Waals surface area contributed by atoms with E-state index in [4.69, 9.17) is 4.74 Å². The van der Waals surface area contributed by atoms with Crippen molar-refractivity contribution < 1.29 is 19.4 Å². The number of aliphatic hydroxyl groups is 1. The number of esters is 1. The van der Waals surface area contributed by atoms with E-state index >= 15 is 0 Å². The molecule has 4 rings (SSSR count). The largest absolute Gasteiger partial charge is 0.458 e. The summed E-state index contributed by atoms with van der Waals surface area (Å²) in [6.45, 7) is 6.55. The Morgan fingerprint density at radius 2 is 1.91 bits per heavy atom. The summed E-state index contributed by atoms with van der Waals surface area (Å²) in [6, 6.07) is 0. The Bertz CT molecular complexity index is 681. The molecule has 0 fully saturated rings. The van der Waals surface area contributed by atoms with E-state index in [9.17, 15) is 14.7 Å². The van der Waals surface area contributed by atoms with Crippen molar-refractivity contribution in [1.29, 1.82) is 0 Å². The highest BCUT2D eigenvalue weighted by molar-refractivity contribution is 5.99. The van der Waals surface area contributed by atoms with Crippen molar-refractivity contribution in [1.82, 2.24) is 0 Å². The van der Waals surface area contributed by atoms with Crippen molar-refractivity contribution >= 4 is 11.8 Å². The van der Waals surface area contributed by atoms with E-state index in [1.807, 2.05) is 6.92 Å². The zero-order valence-corrected chi connectivity index (χ0v) is 14.1. The Hall–Kier alpha value is -1.42. The number of fused-ring (bicyclic) bond motifs is 3. The van der Waals surface area contributed by atoms with E-state index in [0.717, 1.165) is 24.8 Å². The molecule has 0 aromatic rings. The maximum atomic E-state index is 13.1. The van der Waals surface area contributed by atoms with Gasteiger partial charge in [0.25, 0.3) is 0 Å². The number of ether oxygens (including phenoxy) is 1. The van der Waals surface area contributed by atoms with Crippen molar-refractivity contribution in [3.63, 3.8) is 0 Å². The molecule has 0 saturated carbocycles. The number of ketones is 1. The molecule has 0 saturated heterocycles. The van der Waals surface area contributed by atoms with Crippen LogP contribution in [0.2, 0.25) is 0 Å². The van der Waals surface area contributed by atoms with Gasteiger partial charge < -0.3 is 9.84 Å². The normalized spacial score (nSPS) is 39.0. The summed E-state index contributed by atoms with van der Waals surface area (Å²) in [6.07, 6.45) is 3.24. The predicted octanol–water partition coefficient (Wildman–Crippen LogP) is 2.71.